The molecule has 12 heavy (non-hydrogen) atoms. The lowest BCUT2D eigenvalue weighted by atomic mass is 9.73. The van der Waals surface area contributed by atoms with Crippen molar-refractivity contribution in [1.82, 2.24) is 0 Å². The molecule has 4 atom stereocenters. The van der Waals surface area contributed by atoms with Gasteiger partial charge in [0.2, 0.25) is 0 Å². The average Bonchev–Trinajstić information content (AvgIpc) is 2.66. The fourth-order valence-electron chi connectivity index (χ4n) is 4.04. The van der Waals surface area contributed by atoms with Crippen LogP contribution in [0.2, 0.25) is 0 Å². The van der Waals surface area contributed by atoms with E-state index < -0.39 is 0 Å². The third-order valence-electron chi connectivity index (χ3n) is 4.94. The highest BCUT2D eigenvalue weighted by Crippen LogP contribution is 2.74. The zero-order valence-electron chi connectivity index (χ0n) is 8.18. The molecule has 3 fully saturated rings. The van der Waals surface area contributed by atoms with Crippen LogP contribution in [0.15, 0.2) is 0 Å². The summed E-state index contributed by atoms with van der Waals surface area (Å²) >= 11 is 0. The van der Waals surface area contributed by atoms with Crippen molar-refractivity contribution >= 4 is 0 Å². The van der Waals surface area contributed by atoms with Gasteiger partial charge in [-0.1, -0.05) is 19.8 Å². The first-order valence-electron chi connectivity index (χ1n) is 5.86. The molecule has 0 aliphatic heterocycles. The number of hydrogen-bond donors (Lipinski definition) is 0. The SMILES string of the molecule is CCCCC12CC3CCC3C1C2. The Morgan fingerprint density at radius 1 is 1.25 bits per heavy atom. The van der Waals surface area contributed by atoms with E-state index in [0.29, 0.717) is 0 Å². The Labute approximate surface area is 75.7 Å². The lowest BCUT2D eigenvalue weighted by molar-refractivity contribution is 0.180. The molecule has 3 rings (SSSR count). The van der Waals surface area contributed by atoms with Crippen LogP contribution in [0.4, 0.5) is 0 Å². The first-order chi connectivity index (χ1) is 5.86. The van der Waals surface area contributed by atoms with Crippen LogP contribution in [0.1, 0.15) is 51.9 Å². The Morgan fingerprint density at radius 3 is 2.67 bits per heavy atom. The van der Waals surface area contributed by atoms with Gasteiger partial charge in [0.05, 0.1) is 0 Å². The Hall–Kier alpha value is 0. The molecule has 3 aliphatic rings. The van der Waals surface area contributed by atoms with Gasteiger partial charge in [-0.25, -0.2) is 0 Å². The van der Waals surface area contributed by atoms with Crippen LogP contribution in [0.5, 0.6) is 0 Å². The van der Waals surface area contributed by atoms with Crippen LogP contribution in [0, 0.1) is 23.2 Å². The van der Waals surface area contributed by atoms with Crippen LogP contribution < -0.4 is 0 Å². The summed E-state index contributed by atoms with van der Waals surface area (Å²) in [6, 6.07) is 0. The van der Waals surface area contributed by atoms with Crippen molar-refractivity contribution in [3.8, 4) is 0 Å². The molecule has 0 amide bonds. The molecule has 0 heterocycles. The molecule has 0 aromatic carbocycles. The summed E-state index contributed by atoms with van der Waals surface area (Å²) in [6.07, 6.45) is 10.9. The third kappa shape index (κ3) is 0.791. The normalized spacial score (nSPS) is 54.2. The van der Waals surface area contributed by atoms with Gasteiger partial charge in [-0.15, -0.1) is 0 Å². The number of rotatable bonds is 3. The second-order valence-corrected chi connectivity index (χ2v) is 5.48. The first-order valence-corrected chi connectivity index (χ1v) is 5.86. The zero-order chi connectivity index (χ0) is 8.18. The lowest BCUT2D eigenvalue weighted by Gasteiger charge is -2.32. The fourth-order valence-corrected chi connectivity index (χ4v) is 4.04. The van der Waals surface area contributed by atoms with Crippen LogP contribution in [-0.4, -0.2) is 0 Å². The molecule has 0 nitrogen and oxygen atoms in total. The molecule has 0 spiro atoms. The largest absolute Gasteiger partial charge is 0.0654 e. The zero-order valence-corrected chi connectivity index (χ0v) is 8.18. The third-order valence-corrected chi connectivity index (χ3v) is 4.94. The van der Waals surface area contributed by atoms with Crippen LogP contribution in [0.3, 0.4) is 0 Å². The number of hydrogen-bond acceptors (Lipinski definition) is 0. The van der Waals surface area contributed by atoms with E-state index in [1.165, 1.54) is 30.6 Å². The molecular weight excluding hydrogens is 144 g/mol. The highest BCUT2D eigenvalue weighted by molar-refractivity contribution is 5.15. The molecule has 0 heteroatoms. The van der Waals surface area contributed by atoms with Crippen molar-refractivity contribution in [2.24, 2.45) is 23.2 Å². The van der Waals surface area contributed by atoms with Gasteiger partial charge in [0.15, 0.2) is 0 Å². The van der Waals surface area contributed by atoms with E-state index in [9.17, 15) is 0 Å². The smallest absolute Gasteiger partial charge is 0.0261 e. The number of fused-ring (bicyclic) bond motifs is 3. The Morgan fingerprint density at radius 2 is 2.17 bits per heavy atom. The standard InChI is InChI=1S/C12H20/c1-2-3-6-12-7-9-4-5-10(9)11(12)8-12/h9-11H,2-8H2,1H3. The van der Waals surface area contributed by atoms with Gasteiger partial charge in [-0.05, 0) is 55.3 Å². The number of unbranched alkanes of at least 4 members (excludes halogenated alkanes) is 1. The molecule has 68 valence electrons. The van der Waals surface area contributed by atoms with Crippen molar-refractivity contribution in [2.75, 3.05) is 0 Å². The second-order valence-electron chi connectivity index (χ2n) is 5.48. The van der Waals surface area contributed by atoms with Crippen molar-refractivity contribution in [3.63, 3.8) is 0 Å². The molecule has 3 saturated carbocycles. The topological polar surface area (TPSA) is 0 Å². The Kier molecular flexibility index (Phi) is 1.40. The van der Waals surface area contributed by atoms with E-state index in [1.807, 2.05) is 0 Å². The summed E-state index contributed by atoms with van der Waals surface area (Å²) in [5.41, 5.74) is 0.918. The van der Waals surface area contributed by atoms with Crippen LogP contribution >= 0.6 is 0 Å². The fraction of sp³-hybridized carbons (Fsp3) is 1.00. The minimum absolute atomic E-state index is 0.918. The quantitative estimate of drug-likeness (QED) is 0.597. The van der Waals surface area contributed by atoms with Crippen molar-refractivity contribution in [3.05, 3.63) is 0 Å². The molecule has 3 aliphatic carbocycles. The summed E-state index contributed by atoms with van der Waals surface area (Å²) in [5, 5.41) is 0. The summed E-state index contributed by atoms with van der Waals surface area (Å²) < 4.78 is 0. The van der Waals surface area contributed by atoms with Gasteiger partial charge in [0.1, 0.15) is 0 Å². The van der Waals surface area contributed by atoms with Gasteiger partial charge in [-0.2, -0.15) is 0 Å². The van der Waals surface area contributed by atoms with Crippen molar-refractivity contribution in [1.29, 1.82) is 0 Å². The molecule has 0 bridgehead atoms. The molecular formula is C12H20. The summed E-state index contributed by atoms with van der Waals surface area (Å²) in [5.74, 6) is 3.62. The van der Waals surface area contributed by atoms with Crippen molar-refractivity contribution < 1.29 is 0 Å². The molecule has 0 N–H and O–H groups in total. The molecule has 0 aromatic rings. The van der Waals surface area contributed by atoms with E-state index in [-0.39, 0.29) is 0 Å². The minimum Gasteiger partial charge on any atom is -0.0654 e. The van der Waals surface area contributed by atoms with Crippen molar-refractivity contribution in [2.45, 2.75) is 51.9 Å². The van der Waals surface area contributed by atoms with E-state index >= 15 is 0 Å². The van der Waals surface area contributed by atoms with Gasteiger partial charge < -0.3 is 0 Å². The summed E-state index contributed by atoms with van der Waals surface area (Å²) in [4.78, 5) is 0. The molecule has 0 radical (unpaired) electrons. The second kappa shape index (κ2) is 2.27. The first kappa shape index (κ1) is 7.41. The monoisotopic (exact) mass is 164 g/mol. The van der Waals surface area contributed by atoms with Crippen LogP contribution in [-0.2, 0) is 0 Å². The van der Waals surface area contributed by atoms with E-state index in [0.717, 1.165) is 5.41 Å². The molecule has 4 unspecified atom stereocenters. The summed E-state index contributed by atoms with van der Waals surface area (Å²) in [6.45, 7) is 2.33. The Balaban J connectivity index is 1.64. The van der Waals surface area contributed by atoms with Gasteiger partial charge in [0.25, 0.3) is 0 Å². The van der Waals surface area contributed by atoms with E-state index in [4.69, 9.17) is 0 Å². The van der Waals surface area contributed by atoms with E-state index in [2.05, 4.69) is 6.92 Å². The minimum atomic E-state index is 0.918. The summed E-state index contributed by atoms with van der Waals surface area (Å²) in [7, 11) is 0. The lowest BCUT2D eigenvalue weighted by Crippen LogP contribution is -2.22. The Bertz CT molecular complexity index is 196. The van der Waals surface area contributed by atoms with Crippen LogP contribution in [0.25, 0.3) is 0 Å². The van der Waals surface area contributed by atoms with Gasteiger partial charge >= 0.3 is 0 Å². The predicted octanol–water partition coefficient (Wildman–Crippen LogP) is 3.61. The van der Waals surface area contributed by atoms with Gasteiger partial charge in [0, 0.05) is 0 Å². The highest BCUT2D eigenvalue weighted by atomic mass is 14.7. The highest BCUT2D eigenvalue weighted by Gasteiger charge is 2.66. The maximum absolute atomic E-state index is 2.33. The molecule has 0 saturated heterocycles. The van der Waals surface area contributed by atoms with Gasteiger partial charge in [-0.3, -0.25) is 0 Å². The predicted molar refractivity (Wildman–Crippen MR) is 50.9 cm³/mol. The average molecular weight is 164 g/mol. The van der Waals surface area contributed by atoms with E-state index in [1.54, 1.807) is 32.1 Å². The maximum Gasteiger partial charge on any atom is -0.0261 e. The molecule has 0 aromatic heterocycles. The maximum atomic E-state index is 2.33.